The van der Waals surface area contributed by atoms with E-state index >= 15 is 0 Å². The molecule has 0 saturated heterocycles. The molecule has 0 saturated carbocycles. The molecule has 0 fully saturated rings. The van der Waals surface area contributed by atoms with E-state index in [9.17, 15) is 13.2 Å². The van der Waals surface area contributed by atoms with Crippen LogP contribution in [-0.2, 0) is 17.5 Å². The van der Waals surface area contributed by atoms with Crippen molar-refractivity contribution in [1.29, 1.82) is 0 Å². The number of ether oxygens (including phenoxy) is 1. The molecule has 0 spiro atoms. The number of anilines is 1. The minimum atomic E-state index is -4.45. The average molecular weight is 304 g/mol. The maximum atomic E-state index is 12.5. The van der Waals surface area contributed by atoms with Gasteiger partial charge in [-0.2, -0.15) is 13.2 Å². The Labute approximate surface area is 116 Å². The molecule has 0 bridgehead atoms. The van der Waals surface area contributed by atoms with Crippen LogP contribution < -0.4 is 5.32 Å². The van der Waals surface area contributed by atoms with E-state index in [-0.39, 0.29) is 6.61 Å². The van der Waals surface area contributed by atoms with E-state index in [2.05, 4.69) is 20.3 Å². The highest BCUT2D eigenvalue weighted by Gasteiger charge is 2.34. The van der Waals surface area contributed by atoms with Gasteiger partial charge in [-0.25, -0.2) is 15.0 Å². The van der Waals surface area contributed by atoms with E-state index in [1.54, 1.807) is 13.1 Å². The Balaban J connectivity index is 2.41. The van der Waals surface area contributed by atoms with Crippen molar-refractivity contribution in [2.45, 2.75) is 12.8 Å². The number of hydrogen-bond donors (Lipinski definition) is 1. The van der Waals surface area contributed by atoms with Crippen molar-refractivity contribution in [2.75, 3.05) is 19.5 Å². The molecule has 9 heteroatoms. The smallest absolute Gasteiger partial charge is 0.377 e. The lowest BCUT2D eigenvalue weighted by atomic mass is 10.3. The van der Waals surface area contributed by atoms with Crippen LogP contribution >= 0.6 is 11.3 Å². The number of nitrogens with zero attached hydrogens (tertiary/aromatic N) is 3. The quantitative estimate of drug-likeness (QED) is 0.941. The van der Waals surface area contributed by atoms with Gasteiger partial charge in [0, 0.05) is 26.4 Å². The number of thiazole rings is 1. The summed E-state index contributed by atoms with van der Waals surface area (Å²) in [6.45, 7) is 0.174. The summed E-state index contributed by atoms with van der Waals surface area (Å²) in [5, 5.41) is 1.93. The molecule has 0 aliphatic carbocycles. The van der Waals surface area contributed by atoms with Gasteiger partial charge in [-0.3, -0.25) is 0 Å². The van der Waals surface area contributed by atoms with Crippen LogP contribution in [0.1, 0.15) is 10.8 Å². The number of methoxy groups -OCH3 is 1. The van der Waals surface area contributed by atoms with Crippen LogP contribution in [0, 0.1) is 0 Å². The summed E-state index contributed by atoms with van der Waals surface area (Å²) in [7, 11) is 3.15. The number of rotatable bonds is 4. The molecule has 0 aromatic carbocycles. The van der Waals surface area contributed by atoms with Gasteiger partial charge in [0.2, 0.25) is 0 Å². The van der Waals surface area contributed by atoms with Crippen LogP contribution in [0.25, 0.3) is 10.6 Å². The number of aromatic nitrogens is 3. The molecule has 0 aliphatic heterocycles. The van der Waals surface area contributed by atoms with E-state index in [4.69, 9.17) is 4.74 Å². The molecule has 0 aliphatic rings. The summed E-state index contributed by atoms with van der Waals surface area (Å²) in [6, 6.07) is 1.56. The Morgan fingerprint density at radius 2 is 2.10 bits per heavy atom. The lowest BCUT2D eigenvalue weighted by Gasteiger charge is -2.05. The second-order valence-electron chi connectivity index (χ2n) is 3.77. The fraction of sp³-hybridized carbons (Fsp3) is 0.364. The monoisotopic (exact) mass is 304 g/mol. The van der Waals surface area contributed by atoms with Crippen LogP contribution in [0.15, 0.2) is 12.3 Å². The largest absolute Gasteiger partial charge is 0.443 e. The van der Waals surface area contributed by atoms with E-state index < -0.39 is 11.2 Å². The zero-order valence-corrected chi connectivity index (χ0v) is 11.5. The Morgan fingerprint density at radius 1 is 1.35 bits per heavy atom. The third-order valence-electron chi connectivity index (χ3n) is 2.30. The third kappa shape index (κ3) is 3.23. The zero-order valence-electron chi connectivity index (χ0n) is 10.7. The Hall–Kier alpha value is -1.74. The molecule has 1 N–H and O–H groups in total. The van der Waals surface area contributed by atoms with Crippen molar-refractivity contribution >= 4 is 17.2 Å². The zero-order chi connectivity index (χ0) is 14.8. The maximum Gasteiger partial charge on any atom is 0.443 e. The SMILES string of the molecule is CNc1cc(-c2cnc(C(F)(F)F)s2)nc(COC)n1. The average Bonchev–Trinajstić information content (AvgIpc) is 2.88. The molecular formula is C11H11F3N4OS. The summed E-state index contributed by atoms with van der Waals surface area (Å²) in [5.74, 6) is 0.889. The van der Waals surface area contributed by atoms with E-state index in [0.717, 1.165) is 6.20 Å². The maximum absolute atomic E-state index is 12.5. The van der Waals surface area contributed by atoms with Crippen molar-refractivity contribution in [3.8, 4) is 10.6 Å². The van der Waals surface area contributed by atoms with E-state index in [1.807, 2.05) is 0 Å². The Bertz CT molecular complexity index is 600. The molecule has 2 aromatic rings. The fourth-order valence-electron chi connectivity index (χ4n) is 1.47. The summed E-state index contributed by atoms with van der Waals surface area (Å²) >= 11 is 0.544. The highest BCUT2D eigenvalue weighted by atomic mass is 32.1. The molecule has 2 heterocycles. The number of halogens is 3. The second kappa shape index (κ2) is 5.71. The van der Waals surface area contributed by atoms with Gasteiger partial charge in [0.25, 0.3) is 0 Å². The van der Waals surface area contributed by atoms with Crippen LogP contribution in [0.3, 0.4) is 0 Å². The molecule has 5 nitrogen and oxygen atoms in total. The van der Waals surface area contributed by atoms with Crippen molar-refractivity contribution < 1.29 is 17.9 Å². The Kier molecular flexibility index (Phi) is 4.19. The minimum absolute atomic E-state index is 0.174. The van der Waals surface area contributed by atoms with Gasteiger partial charge >= 0.3 is 6.18 Å². The van der Waals surface area contributed by atoms with Crippen LogP contribution in [0.4, 0.5) is 19.0 Å². The van der Waals surface area contributed by atoms with Gasteiger partial charge in [0.15, 0.2) is 10.8 Å². The van der Waals surface area contributed by atoms with Gasteiger partial charge < -0.3 is 10.1 Å². The summed E-state index contributed by atoms with van der Waals surface area (Å²) in [6.07, 6.45) is -3.29. The lowest BCUT2D eigenvalue weighted by molar-refractivity contribution is -0.137. The molecule has 0 amide bonds. The second-order valence-corrected chi connectivity index (χ2v) is 4.80. The molecular weight excluding hydrogens is 293 g/mol. The van der Waals surface area contributed by atoms with Gasteiger partial charge in [0.1, 0.15) is 12.4 Å². The topological polar surface area (TPSA) is 59.9 Å². The highest BCUT2D eigenvalue weighted by Crippen LogP contribution is 2.36. The van der Waals surface area contributed by atoms with E-state index in [1.165, 1.54) is 7.11 Å². The molecule has 0 atom stereocenters. The summed E-state index contributed by atoms with van der Waals surface area (Å²) in [5.41, 5.74) is 0.379. The molecule has 0 unspecified atom stereocenters. The van der Waals surface area contributed by atoms with Crippen LogP contribution in [0.5, 0.6) is 0 Å². The minimum Gasteiger partial charge on any atom is -0.377 e. The van der Waals surface area contributed by atoms with Crippen molar-refractivity contribution in [1.82, 2.24) is 15.0 Å². The first-order valence-corrected chi connectivity index (χ1v) is 6.33. The summed E-state index contributed by atoms with van der Waals surface area (Å²) < 4.78 is 42.6. The van der Waals surface area contributed by atoms with Gasteiger partial charge in [-0.15, -0.1) is 11.3 Å². The van der Waals surface area contributed by atoms with Crippen molar-refractivity contribution in [3.63, 3.8) is 0 Å². The van der Waals surface area contributed by atoms with Gasteiger partial charge in [-0.05, 0) is 0 Å². The van der Waals surface area contributed by atoms with Crippen LogP contribution in [0.2, 0.25) is 0 Å². The fourth-order valence-corrected chi connectivity index (χ4v) is 2.21. The number of hydrogen-bond acceptors (Lipinski definition) is 6. The molecule has 2 rings (SSSR count). The molecule has 2 aromatic heterocycles. The standard InChI is InChI=1S/C11H11F3N4OS/c1-15-8-3-6(17-9(18-8)5-19-2)7-4-16-10(20-7)11(12,13)14/h3-4H,5H2,1-2H3,(H,15,17,18). The predicted molar refractivity (Wildman–Crippen MR) is 68.4 cm³/mol. The number of alkyl halides is 3. The van der Waals surface area contributed by atoms with Crippen LogP contribution in [-0.4, -0.2) is 29.1 Å². The summed E-state index contributed by atoms with van der Waals surface area (Å²) in [4.78, 5) is 12.0. The van der Waals surface area contributed by atoms with Crippen molar-refractivity contribution in [3.05, 3.63) is 23.1 Å². The molecule has 0 radical (unpaired) electrons. The predicted octanol–water partition coefficient (Wildman–Crippen LogP) is 2.81. The molecule has 20 heavy (non-hydrogen) atoms. The van der Waals surface area contributed by atoms with Gasteiger partial charge in [-0.1, -0.05) is 0 Å². The number of nitrogens with one attached hydrogen (secondary N) is 1. The normalized spacial score (nSPS) is 11.7. The third-order valence-corrected chi connectivity index (χ3v) is 3.37. The Morgan fingerprint density at radius 3 is 2.65 bits per heavy atom. The first kappa shape index (κ1) is 14.7. The first-order chi connectivity index (χ1) is 9.44. The van der Waals surface area contributed by atoms with E-state index in [0.29, 0.717) is 33.6 Å². The highest BCUT2D eigenvalue weighted by molar-refractivity contribution is 7.15. The van der Waals surface area contributed by atoms with Gasteiger partial charge in [0.05, 0.1) is 10.6 Å². The lowest BCUT2D eigenvalue weighted by Crippen LogP contribution is -2.03. The first-order valence-electron chi connectivity index (χ1n) is 5.52. The molecule has 108 valence electrons. The van der Waals surface area contributed by atoms with Crippen molar-refractivity contribution in [2.24, 2.45) is 0 Å².